The van der Waals surface area contributed by atoms with Crippen LogP contribution in [-0.2, 0) is 107 Å². The van der Waals surface area contributed by atoms with Crippen molar-refractivity contribution < 1.29 is 86.6 Å². The Kier molecular flexibility index (Phi) is 39.1. The second-order valence-electron chi connectivity index (χ2n) is 34.0. The van der Waals surface area contributed by atoms with Crippen LogP contribution >= 0.6 is 11.8 Å². The van der Waals surface area contributed by atoms with E-state index in [1.807, 2.05) is 45.9 Å². The van der Waals surface area contributed by atoms with Gasteiger partial charge < -0.3 is 93.7 Å². The molecule has 0 saturated carbocycles. The van der Waals surface area contributed by atoms with Crippen LogP contribution in [0.5, 0.6) is 0 Å². The third-order valence-corrected chi connectivity index (χ3v) is 24.9. The number of aromatic nitrogens is 4. The summed E-state index contributed by atoms with van der Waals surface area (Å²) in [7, 11) is 5.45. The first-order valence-electron chi connectivity index (χ1n) is 43.9. The fourth-order valence-corrected chi connectivity index (χ4v) is 17.4. The number of unbranched alkanes of at least 4 members (excludes halogenated alkanes) is 2. The number of benzene rings is 3. The van der Waals surface area contributed by atoms with Gasteiger partial charge in [-0.25, -0.2) is 4.98 Å². The zero-order valence-corrected chi connectivity index (χ0v) is 75.3. The number of likely N-dealkylation sites (N-methyl/N-ethyl adjacent to an activating group) is 4. The average Bonchev–Trinajstić information content (AvgIpc) is 1.07. The number of rotatable bonds is 24. The number of carbonyl (C=O) groups is 17. The summed E-state index contributed by atoms with van der Waals surface area (Å²) in [4.78, 5) is 267. The predicted octanol–water partition coefficient (Wildman–Crippen LogP) is 2.31. The summed E-state index contributed by atoms with van der Waals surface area (Å²) >= 11 is 0.836. The quantitative estimate of drug-likeness (QED) is 0.0413. The van der Waals surface area contributed by atoms with E-state index in [-0.39, 0.29) is 89.0 Å². The Morgan fingerprint density at radius 3 is 1.73 bits per heavy atom. The summed E-state index contributed by atoms with van der Waals surface area (Å²) in [5.41, 5.74) is 20.9. The number of nitrogens with two attached hydrogens (primary N) is 3. The first kappa shape index (κ1) is 101. The second kappa shape index (κ2) is 49.4. The molecule has 128 heavy (non-hydrogen) atoms. The molecule has 8 rings (SSSR count). The number of carbonyl (C=O) groups excluding carboxylic acids is 17. The van der Waals surface area contributed by atoms with E-state index in [0.717, 1.165) is 21.6 Å². The minimum atomic E-state index is -1.69. The molecule has 3 aromatic carbocycles. The molecule has 0 spiro atoms. The lowest BCUT2D eigenvalue weighted by Gasteiger charge is -2.36. The maximum absolute atomic E-state index is 15.7. The van der Waals surface area contributed by atoms with Gasteiger partial charge in [0, 0.05) is 149 Å². The van der Waals surface area contributed by atoms with E-state index >= 15 is 28.8 Å². The number of Topliss-reactive ketones (excluding diaryl/α,β-unsaturated/α-hetero) is 4. The molecule has 5 heterocycles. The summed E-state index contributed by atoms with van der Waals surface area (Å²) in [5.74, 6) is -19.3. The Morgan fingerprint density at radius 2 is 1.12 bits per heavy atom. The molecule has 6 aromatic rings. The van der Waals surface area contributed by atoms with Crippen LogP contribution in [-0.4, -0.2) is 276 Å². The van der Waals surface area contributed by atoms with Crippen LogP contribution in [0.25, 0.3) is 21.8 Å². The van der Waals surface area contributed by atoms with E-state index < -0.39 is 236 Å². The standard InChI is InChI=1S/C91H126N18O18S/c1-10-12-28-72-77(113)39-56(31-32-92)84(120)104-71(86(122)98-47-80(94)116)50-128-51-82(118)101-68(35-55-22-15-14-16-23-55)88(124)106(7)54(5)83(119)102-70(43-79(93)115)90(126)109-33-21-30-73(109)78(114)40-57(36-62-46-95-52-99-62)75(111)41-58(34-53(3)4)87(123)105(6)48-81(117)100-67(37-59-44-96-65-26-19-17-24-63(59)65)76(112)42-61(49-110)85(121)103-69(38-60-45-97-66-27-20-18-25-64(60)66)89(125)108(9)74(29-13-11-2)91(127)107(72)8/h14-20,22-27,44-46,52-54,56-58,61,67-74,96-97,110H,10-13,21,28-43,47-51,92H2,1-9H3,(H2,93,115)(H2,94,116)(H,95,99)(H,98,122)(H,100,117)(H,101,118)(H,102,119)(H,103,121)(H,104,120)/t54-,56+,57+,58+,61-,67-,68-,69-,70-,71-,72-,73-,74-/m0/s1. The van der Waals surface area contributed by atoms with Gasteiger partial charge in [0.2, 0.25) is 76.8 Å². The van der Waals surface area contributed by atoms with Crippen molar-refractivity contribution in [3.63, 3.8) is 0 Å². The van der Waals surface area contributed by atoms with E-state index in [0.29, 0.717) is 69.9 Å². The number of nitrogens with zero attached hydrogens (tertiary/aromatic N) is 6. The highest BCUT2D eigenvalue weighted by Gasteiger charge is 2.44. The van der Waals surface area contributed by atoms with Crippen molar-refractivity contribution in [3.8, 4) is 0 Å². The van der Waals surface area contributed by atoms with Gasteiger partial charge >= 0.3 is 0 Å². The Morgan fingerprint density at radius 1 is 0.562 bits per heavy atom. The van der Waals surface area contributed by atoms with Gasteiger partial charge in [0.25, 0.3) is 0 Å². The number of hydrogen-bond acceptors (Lipinski definition) is 21. The van der Waals surface area contributed by atoms with Gasteiger partial charge in [0.15, 0.2) is 17.3 Å². The smallest absolute Gasteiger partial charge is 0.246 e. The molecular weight excluding hydrogens is 1670 g/mol. The summed E-state index contributed by atoms with van der Waals surface area (Å²) in [6.45, 7) is 6.35. The van der Waals surface area contributed by atoms with Crippen LogP contribution < -0.4 is 49.1 Å². The summed E-state index contributed by atoms with van der Waals surface area (Å²) in [5, 5.41) is 28.6. The number of fused-ring (bicyclic) bond motifs is 3. The van der Waals surface area contributed by atoms with Crippen molar-refractivity contribution >= 4 is 133 Å². The molecule has 0 unspecified atom stereocenters. The highest BCUT2D eigenvalue weighted by molar-refractivity contribution is 8.00. The Labute approximate surface area is 749 Å². The summed E-state index contributed by atoms with van der Waals surface area (Å²) in [6.07, 6.45) is 5.25. The van der Waals surface area contributed by atoms with Gasteiger partial charge in [-0.3, -0.25) is 81.5 Å². The Balaban J connectivity index is 1.16. The highest BCUT2D eigenvalue weighted by atomic mass is 32.2. The number of thioether (sulfide) groups is 1. The monoisotopic (exact) mass is 1790 g/mol. The van der Waals surface area contributed by atoms with Crippen LogP contribution in [0.2, 0.25) is 0 Å². The molecule has 16 N–H and O–H groups in total. The lowest BCUT2D eigenvalue weighted by molar-refractivity contribution is -0.149. The number of nitrogens with one attached hydrogen (secondary N) is 9. The van der Waals surface area contributed by atoms with Crippen molar-refractivity contribution in [2.45, 2.75) is 211 Å². The normalized spacial score (nSPS) is 24.2. The number of H-pyrrole nitrogens is 3. The number of primary amides is 2. The van der Waals surface area contributed by atoms with Gasteiger partial charge in [-0.15, -0.1) is 11.8 Å². The Hall–Kier alpha value is -12.0. The number of aliphatic hydroxyl groups is 1. The number of ketones is 4. The molecule has 0 aliphatic carbocycles. The molecule has 13 amide bonds. The van der Waals surface area contributed by atoms with Gasteiger partial charge in [0.1, 0.15) is 42.0 Å². The molecule has 694 valence electrons. The van der Waals surface area contributed by atoms with Gasteiger partial charge in [0.05, 0.1) is 62.2 Å². The summed E-state index contributed by atoms with van der Waals surface area (Å²) in [6, 6.07) is 10.3. The summed E-state index contributed by atoms with van der Waals surface area (Å²) < 4.78 is 0. The van der Waals surface area contributed by atoms with Crippen LogP contribution in [0, 0.1) is 29.6 Å². The topological polar surface area (TPSA) is 537 Å². The maximum Gasteiger partial charge on any atom is 0.246 e. The molecule has 0 radical (unpaired) electrons. The number of amides is 13. The van der Waals surface area contributed by atoms with E-state index in [1.54, 1.807) is 73.1 Å². The molecule has 3 aromatic heterocycles. The lowest BCUT2D eigenvalue weighted by Crippen LogP contribution is -2.58. The molecular formula is C91H126N18O18S. The number of aliphatic hydroxyl groups excluding tert-OH is 1. The average molecular weight is 1790 g/mol. The van der Waals surface area contributed by atoms with E-state index in [4.69, 9.17) is 17.2 Å². The van der Waals surface area contributed by atoms with E-state index in [2.05, 4.69) is 51.8 Å². The van der Waals surface area contributed by atoms with Crippen molar-refractivity contribution in [1.82, 2.24) is 76.3 Å². The second-order valence-corrected chi connectivity index (χ2v) is 35.0. The van der Waals surface area contributed by atoms with Gasteiger partial charge in [-0.1, -0.05) is 120 Å². The fraction of sp³-hybridized carbons (Fsp3) is 0.538. The van der Waals surface area contributed by atoms with Crippen LogP contribution in [0.1, 0.15) is 153 Å². The largest absolute Gasteiger partial charge is 0.396 e. The van der Waals surface area contributed by atoms with E-state index in [1.165, 1.54) is 62.3 Å². The predicted molar refractivity (Wildman–Crippen MR) is 479 cm³/mol. The molecule has 2 aliphatic rings. The highest BCUT2D eigenvalue weighted by Crippen LogP contribution is 2.30. The van der Waals surface area contributed by atoms with E-state index in [9.17, 15) is 57.8 Å². The molecule has 2 saturated heterocycles. The van der Waals surface area contributed by atoms with Gasteiger partial charge in [-0.05, 0) is 93.2 Å². The zero-order valence-electron chi connectivity index (χ0n) is 74.5. The van der Waals surface area contributed by atoms with Crippen molar-refractivity contribution in [2.24, 2.45) is 46.8 Å². The zero-order chi connectivity index (χ0) is 93.6. The van der Waals surface area contributed by atoms with Gasteiger partial charge in [-0.2, -0.15) is 0 Å². The number of imidazole rings is 1. The third-order valence-electron chi connectivity index (χ3n) is 23.8. The molecule has 2 aliphatic heterocycles. The number of para-hydroxylation sites is 2. The Bertz CT molecular complexity index is 4880. The first-order chi connectivity index (χ1) is 61.1. The first-order valence-corrected chi connectivity index (χ1v) is 45.0. The SMILES string of the molecule is CCCC[C@H]1C(=O)N(C)[C@@H](CCCC)C(=O)C[C@@H](CCN)C(=O)N[C@H](C(=O)NCC(N)=O)CSCC(=O)N[C@@H](Cc2ccccc2)C(=O)N(C)[C@@H](C)C(=O)N[C@@H](CC(N)=O)C(=O)N2CCC[C@H]2C(=O)C[C@@H](Cc2cnc[nH]2)C(=O)C[C@@H](CC(C)C)C(=O)N(C)CC(=O)N[C@@H](Cc2c[nH]c3ccccc23)C(=O)C[C@@H](CO)C(=O)N[C@@H](Cc2c[nH]c3ccccc23)C(=O)N1C. The molecule has 2 fully saturated rings. The molecule has 13 atom stereocenters. The van der Waals surface area contributed by atoms with Crippen LogP contribution in [0.15, 0.2) is 104 Å². The number of aromatic amines is 3. The molecule has 37 heteroatoms. The third kappa shape index (κ3) is 28.8. The maximum atomic E-state index is 15.7. The minimum Gasteiger partial charge on any atom is -0.396 e. The minimum absolute atomic E-state index is 0.0252. The van der Waals surface area contributed by atoms with Crippen molar-refractivity contribution in [1.29, 1.82) is 0 Å². The van der Waals surface area contributed by atoms with Crippen LogP contribution in [0.4, 0.5) is 0 Å². The molecule has 0 bridgehead atoms. The number of hydrogen-bond donors (Lipinski definition) is 13. The van der Waals surface area contributed by atoms with Crippen molar-refractivity contribution in [2.75, 3.05) is 72.5 Å². The fourth-order valence-electron chi connectivity index (χ4n) is 16.6. The molecule has 36 nitrogen and oxygen atoms in total. The van der Waals surface area contributed by atoms with Crippen molar-refractivity contribution in [3.05, 3.63) is 126 Å². The lowest BCUT2D eigenvalue weighted by atomic mass is 9.83. The van der Waals surface area contributed by atoms with Crippen LogP contribution in [0.3, 0.4) is 0 Å².